The van der Waals surface area contributed by atoms with Gasteiger partial charge in [0, 0.05) is 6.42 Å². The lowest BCUT2D eigenvalue weighted by molar-refractivity contribution is -0.145. The van der Waals surface area contributed by atoms with Gasteiger partial charge in [-0.25, -0.2) is 4.79 Å². The van der Waals surface area contributed by atoms with E-state index in [0.717, 1.165) is 6.42 Å². The van der Waals surface area contributed by atoms with E-state index in [1.165, 1.54) is 6.92 Å². The highest BCUT2D eigenvalue weighted by Gasteiger charge is 2.01. The van der Waals surface area contributed by atoms with Gasteiger partial charge in [-0.05, 0) is 13.3 Å². The molecule has 0 saturated heterocycles. The van der Waals surface area contributed by atoms with E-state index >= 15 is 0 Å². The van der Waals surface area contributed by atoms with Crippen molar-refractivity contribution < 1.29 is 40.2 Å². The lowest BCUT2D eigenvalue weighted by Crippen LogP contribution is -2.15. The van der Waals surface area contributed by atoms with Gasteiger partial charge in [0.05, 0.1) is 13.2 Å². The molecule has 0 rings (SSSR count). The zero-order chi connectivity index (χ0) is 15.1. The number of carboxylic acid groups (broad SMARTS) is 2. The van der Waals surface area contributed by atoms with Crippen LogP contribution < -0.4 is 0 Å². The first-order chi connectivity index (χ1) is 8.22. The van der Waals surface area contributed by atoms with Crippen LogP contribution in [0.15, 0.2) is 0 Å². The molecular weight excluding hydrogens is 248 g/mol. The lowest BCUT2D eigenvalue weighted by atomic mass is 10.4. The summed E-state index contributed by atoms with van der Waals surface area (Å²) in [6.07, 6.45) is -1.16. The molecule has 0 bridgehead atoms. The van der Waals surface area contributed by atoms with Crippen molar-refractivity contribution in [2.45, 2.75) is 38.9 Å². The largest absolute Gasteiger partial charge is 0.481 e. The number of rotatable bonds is 5. The molecule has 0 heterocycles. The molecule has 0 aliphatic heterocycles. The van der Waals surface area contributed by atoms with E-state index in [2.05, 4.69) is 0 Å². The van der Waals surface area contributed by atoms with Gasteiger partial charge in [-0.15, -0.1) is 0 Å². The third-order valence-electron chi connectivity index (χ3n) is 1.24. The third kappa shape index (κ3) is 29.3. The van der Waals surface area contributed by atoms with Crippen LogP contribution >= 0.6 is 0 Å². The Kier molecular flexibility index (Phi) is 19.3. The number of hydrogen-bond acceptors (Lipinski definition) is 6. The van der Waals surface area contributed by atoms with Crippen molar-refractivity contribution in [1.82, 2.24) is 0 Å². The Hall–Kier alpha value is -1.22. The van der Waals surface area contributed by atoms with E-state index in [9.17, 15) is 9.59 Å². The van der Waals surface area contributed by atoms with Gasteiger partial charge in [0.25, 0.3) is 0 Å². The topological polar surface area (TPSA) is 156 Å². The van der Waals surface area contributed by atoms with Crippen molar-refractivity contribution in [3.63, 3.8) is 0 Å². The Balaban J connectivity index is -0.000000187. The summed E-state index contributed by atoms with van der Waals surface area (Å²) in [5, 5.41) is 47.7. The van der Waals surface area contributed by atoms with Crippen molar-refractivity contribution in [3.05, 3.63) is 0 Å². The zero-order valence-corrected chi connectivity index (χ0v) is 10.5. The van der Waals surface area contributed by atoms with E-state index in [1.54, 1.807) is 0 Å². The fourth-order valence-corrected chi connectivity index (χ4v) is 0.272. The fourth-order valence-electron chi connectivity index (χ4n) is 0.272. The highest BCUT2D eigenvalue weighted by atomic mass is 16.4. The van der Waals surface area contributed by atoms with E-state index in [4.69, 9.17) is 30.6 Å². The minimum Gasteiger partial charge on any atom is -0.481 e. The van der Waals surface area contributed by atoms with Crippen LogP contribution in [0.4, 0.5) is 0 Å². The van der Waals surface area contributed by atoms with Crippen molar-refractivity contribution >= 4 is 11.9 Å². The maximum Gasteiger partial charge on any atom is 0.332 e. The van der Waals surface area contributed by atoms with E-state index in [-0.39, 0.29) is 13.2 Å². The van der Waals surface area contributed by atoms with Crippen LogP contribution in [0, 0.1) is 0 Å². The molecule has 8 nitrogen and oxygen atoms in total. The normalized spacial score (nSPS) is 10.6. The third-order valence-corrected chi connectivity index (χ3v) is 1.24. The minimum atomic E-state index is -1.23. The second-order valence-corrected chi connectivity index (χ2v) is 3.18. The Morgan fingerprint density at radius 1 is 1.06 bits per heavy atom. The molecule has 1 unspecified atom stereocenters. The monoisotopic (exact) mass is 270 g/mol. The van der Waals surface area contributed by atoms with E-state index in [0.29, 0.717) is 6.42 Å². The first-order valence-electron chi connectivity index (χ1n) is 5.25. The van der Waals surface area contributed by atoms with Gasteiger partial charge in [0.15, 0.2) is 0 Å². The Morgan fingerprint density at radius 2 is 1.39 bits per heavy atom. The standard InChI is InChI=1S/C4H8O2.C3H8O3.C3H6O3/c1-2-3-4(5)6;4-1-3(6)2-5;1-2(4)3(5)6/h2-3H2,1H3,(H,5,6);3-6H,1-2H2;2,4H,1H3,(H,5,6). The Bertz CT molecular complexity index is 200. The predicted molar refractivity (Wildman–Crippen MR) is 62.0 cm³/mol. The predicted octanol–water partition coefficient (Wildman–Crippen LogP) is -1.35. The second kappa shape index (κ2) is 15.8. The van der Waals surface area contributed by atoms with Crippen LogP contribution in [0.5, 0.6) is 0 Å². The Morgan fingerprint density at radius 3 is 1.39 bits per heavy atom. The second-order valence-electron chi connectivity index (χ2n) is 3.18. The van der Waals surface area contributed by atoms with Gasteiger partial charge < -0.3 is 30.6 Å². The maximum atomic E-state index is 9.60. The minimum absolute atomic E-state index is 0.292. The number of aliphatic hydroxyl groups is 4. The summed E-state index contributed by atoms with van der Waals surface area (Å²) in [7, 11) is 0. The fraction of sp³-hybridized carbons (Fsp3) is 0.800. The SMILES string of the molecule is CC(O)C(=O)O.CCCC(=O)O.OCC(O)CO. The van der Waals surface area contributed by atoms with Gasteiger partial charge in [0.2, 0.25) is 0 Å². The first kappa shape index (κ1) is 22.0. The summed E-state index contributed by atoms with van der Waals surface area (Å²) in [6, 6.07) is 0. The van der Waals surface area contributed by atoms with Crippen LogP contribution in [0.25, 0.3) is 0 Å². The summed E-state index contributed by atoms with van der Waals surface area (Å²) in [5.74, 6) is -1.90. The molecular formula is C10H22O8. The molecule has 18 heavy (non-hydrogen) atoms. The molecule has 0 aliphatic rings. The van der Waals surface area contributed by atoms with Crippen molar-refractivity contribution in [3.8, 4) is 0 Å². The van der Waals surface area contributed by atoms with E-state index in [1.807, 2.05) is 6.92 Å². The van der Waals surface area contributed by atoms with Crippen LogP contribution in [-0.4, -0.2) is 68.0 Å². The molecule has 0 aromatic rings. The van der Waals surface area contributed by atoms with Gasteiger partial charge in [0.1, 0.15) is 12.2 Å². The highest BCUT2D eigenvalue weighted by Crippen LogP contribution is 1.82. The number of aliphatic hydroxyl groups excluding tert-OH is 4. The molecule has 0 saturated carbocycles. The van der Waals surface area contributed by atoms with Gasteiger partial charge >= 0.3 is 11.9 Å². The van der Waals surface area contributed by atoms with Crippen molar-refractivity contribution in [2.75, 3.05) is 13.2 Å². The van der Waals surface area contributed by atoms with Crippen molar-refractivity contribution in [1.29, 1.82) is 0 Å². The average molecular weight is 270 g/mol. The van der Waals surface area contributed by atoms with Gasteiger partial charge in [-0.2, -0.15) is 0 Å². The summed E-state index contributed by atoms with van der Waals surface area (Å²) in [5.41, 5.74) is 0. The number of carboxylic acids is 2. The maximum absolute atomic E-state index is 9.60. The molecule has 0 fully saturated rings. The Labute approximate surface area is 105 Å². The van der Waals surface area contributed by atoms with Crippen LogP contribution in [0.1, 0.15) is 26.7 Å². The number of carbonyl (C=O) groups is 2. The van der Waals surface area contributed by atoms with Gasteiger partial charge in [-0.3, -0.25) is 4.79 Å². The molecule has 0 spiro atoms. The molecule has 6 N–H and O–H groups in total. The number of hydrogen-bond donors (Lipinski definition) is 6. The van der Waals surface area contributed by atoms with Crippen LogP contribution in [-0.2, 0) is 9.59 Å². The molecule has 8 heteroatoms. The first-order valence-corrected chi connectivity index (χ1v) is 5.25. The molecule has 0 amide bonds. The molecule has 1 atom stereocenters. The summed E-state index contributed by atoms with van der Waals surface area (Å²) in [4.78, 5) is 19.0. The summed E-state index contributed by atoms with van der Waals surface area (Å²) >= 11 is 0. The zero-order valence-electron chi connectivity index (χ0n) is 10.5. The van der Waals surface area contributed by atoms with Gasteiger partial charge in [-0.1, -0.05) is 6.92 Å². The lowest BCUT2D eigenvalue weighted by Gasteiger charge is -1.96. The summed E-state index contributed by atoms with van der Waals surface area (Å²) in [6.45, 7) is 2.31. The highest BCUT2D eigenvalue weighted by molar-refractivity contribution is 5.71. The molecule has 0 aromatic carbocycles. The molecule has 0 aliphatic carbocycles. The smallest absolute Gasteiger partial charge is 0.332 e. The van der Waals surface area contributed by atoms with Crippen molar-refractivity contribution in [2.24, 2.45) is 0 Å². The van der Waals surface area contributed by atoms with Crippen LogP contribution in [0.3, 0.4) is 0 Å². The molecule has 0 radical (unpaired) electrons. The van der Waals surface area contributed by atoms with Crippen LogP contribution in [0.2, 0.25) is 0 Å². The van der Waals surface area contributed by atoms with E-state index < -0.39 is 24.1 Å². The average Bonchev–Trinajstić information content (AvgIpc) is 2.29. The molecule has 110 valence electrons. The molecule has 0 aromatic heterocycles. The number of aliphatic carboxylic acids is 2. The quantitative estimate of drug-likeness (QED) is 0.358. The summed E-state index contributed by atoms with van der Waals surface area (Å²) < 4.78 is 0.